The average Bonchev–Trinajstić information content (AvgIpc) is 3.44. The number of likely N-dealkylation sites (N-methyl/N-ethyl adjacent to an activating group) is 1. The fourth-order valence-electron chi connectivity index (χ4n) is 4.90. The lowest BCUT2D eigenvalue weighted by atomic mass is 9.95. The number of hydrogen-bond donors (Lipinski definition) is 1. The molecule has 1 aliphatic heterocycles. The molecule has 0 amide bonds. The number of aryl methyl sites for hydroxylation is 1. The van der Waals surface area contributed by atoms with E-state index in [4.69, 9.17) is 16.6 Å². The van der Waals surface area contributed by atoms with E-state index < -0.39 is 5.82 Å². The molecule has 36 heavy (non-hydrogen) atoms. The van der Waals surface area contributed by atoms with Crippen LogP contribution >= 0.6 is 11.6 Å². The van der Waals surface area contributed by atoms with Crippen molar-refractivity contribution in [3.63, 3.8) is 0 Å². The first kappa shape index (κ1) is 24.5. The van der Waals surface area contributed by atoms with Crippen molar-refractivity contribution in [2.45, 2.75) is 38.8 Å². The van der Waals surface area contributed by atoms with E-state index in [1.807, 2.05) is 13.1 Å². The lowest BCUT2D eigenvalue weighted by molar-refractivity contribution is 0.372. The zero-order chi connectivity index (χ0) is 25.4. The zero-order valence-electron chi connectivity index (χ0n) is 20.7. The highest BCUT2D eigenvalue weighted by Gasteiger charge is 2.28. The summed E-state index contributed by atoms with van der Waals surface area (Å²) < 4.78 is 17.6. The fourth-order valence-corrected chi connectivity index (χ4v) is 5.08. The molecule has 0 aliphatic carbocycles. The van der Waals surface area contributed by atoms with Gasteiger partial charge in [-0.3, -0.25) is 9.55 Å². The van der Waals surface area contributed by atoms with E-state index in [-0.39, 0.29) is 16.6 Å². The highest BCUT2D eigenvalue weighted by atomic mass is 35.5. The van der Waals surface area contributed by atoms with Crippen LogP contribution in [0.2, 0.25) is 5.02 Å². The van der Waals surface area contributed by atoms with Crippen molar-refractivity contribution in [2.75, 3.05) is 38.6 Å². The molecule has 0 unspecified atom stereocenters. The summed E-state index contributed by atoms with van der Waals surface area (Å²) in [6.45, 7) is 5.76. The topological polar surface area (TPSA) is 87.9 Å². The molecule has 5 rings (SSSR count). The van der Waals surface area contributed by atoms with Crippen LogP contribution in [-0.2, 0) is 13.1 Å². The van der Waals surface area contributed by atoms with Crippen LogP contribution in [0.1, 0.15) is 31.5 Å². The number of H-pyrrole nitrogens is 1. The number of imidazole rings is 2. The van der Waals surface area contributed by atoms with Crippen molar-refractivity contribution in [1.29, 1.82) is 0 Å². The Morgan fingerprint density at radius 2 is 2.00 bits per heavy atom. The second-order valence-corrected chi connectivity index (χ2v) is 9.85. The Kier molecular flexibility index (Phi) is 6.81. The Labute approximate surface area is 213 Å². The molecule has 1 aliphatic rings. The average molecular weight is 513 g/mol. The maximum absolute atomic E-state index is 13.7. The molecule has 0 atom stereocenters. The Bertz CT molecular complexity index is 1430. The monoisotopic (exact) mass is 512 g/mol. The molecule has 0 spiro atoms. The number of aromatic nitrogens is 6. The summed E-state index contributed by atoms with van der Waals surface area (Å²) in [5, 5.41) is 0.0941. The van der Waals surface area contributed by atoms with Gasteiger partial charge in [-0.2, -0.15) is 0 Å². The number of nitrogens with zero attached hydrogens (tertiary/aromatic N) is 7. The molecule has 190 valence electrons. The van der Waals surface area contributed by atoms with Gasteiger partial charge in [0.15, 0.2) is 11.5 Å². The number of piperidine rings is 1. The summed E-state index contributed by atoms with van der Waals surface area (Å²) in [6, 6.07) is 4.73. The third kappa shape index (κ3) is 4.62. The van der Waals surface area contributed by atoms with E-state index in [1.54, 1.807) is 16.7 Å². The maximum atomic E-state index is 13.7. The van der Waals surface area contributed by atoms with Crippen LogP contribution in [0.5, 0.6) is 0 Å². The number of rotatable bonds is 7. The molecule has 11 heteroatoms. The van der Waals surface area contributed by atoms with Gasteiger partial charge in [0.1, 0.15) is 23.5 Å². The molecule has 1 fully saturated rings. The summed E-state index contributed by atoms with van der Waals surface area (Å²) in [6.07, 6.45) is 5.35. The van der Waals surface area contributed by atoms with Crippen LogP contribution in [0.4, 0.5) is 10.2 Å². The second-order valence-electron chi connectivity index (χ2n) is 9.44. The quantitative estimate of drug-likeness (QED) is 0.406. The van der Waals surface area contributed by atoms with E-state index in [9.17, 15) is 9.18 Å². The lowest BCUT2D eigenvalue weighted by Gasteiger charge is -2.33. The molecule has 0 saturated carbocycles. The van der Waals surface area contributed by atoms with Gasteiger partial charge in [0.2, 0.25) is 0 Å². The van der Waals surface area contributed by atoms with Crippen LogP contribution in [0, 0.1) is 5.82 Å². The standard InChI is InChI=1S/C25H30ClFN8O/c1-4-35-21-22(31-25(35)36)28-15-29-24(21)33-9-7-16(8-10-33)23-30-20(14-34(23)12-11-32(2)3)17-5-6-19(27)18(26)13-17/h5-6,13-16H,4,7-12H2,1-3H3,(H,28,29,31,36). The van der Waals surface area contributed by atoms with Gasteiger partial charge in [-0.25, -0.2) is 24.1 Å². The number of fused-ring (bicyclic) bond motifs is 1. The largest absolute Gasteiger partial charge is 0.355 e. The molecule has 4 heterocycles. The first-order valence-corrected chi connectivity index (χ1v) is 12.6. The van der Waals surface area contributed by atoms with Crippen molar-refractivity contribution >= 4 is 28.6 Å². The number of nitrogens with one attached hydrogen (secondary N) is 1. The first-order chi connectivity index (χ1) is 17.4. The molecule has 0 radical (unpaired) electrons. The van der Waals surface area contributed by atoms with Gasteiger partial charge in [0.05, 0.1) is 10.7 Å². The first-order valence-electron chi connectivity index (χ1n) is 12.2. The van der Waals surface area contributed by atoms with Crippen molar-refractivity contribution in [1.82, 2.24) is 34.0 Å². The van der Waals surface area contributed by atoms with Gasteiger partial charge in [-0.15, -0.1) is 0 Å². The van der Waals surface area contributed by atoms with E-state index in [2.05, 4.69) is 43.4 Å². The van der Waals surface area contributed by atoms with Gasteiger partial charge in [0, 0.05) is 50.4 Å². The summed E-state index contributed by atoms with van der Waals surface area (Å²) in [5.41, 5.74) is 2.75. The van der Waals surface area contributed by atoms with Crippen LogP contribution in [-0.4, -0.2) is 67.7 Å². The summed E-state index contributed by atoms with van der Waals surface area (Å²) in [7, 11) is 4.10. The third-order valence-corrected chi connectivity index (χ3v) is 7.12. The van der Waals surface area contributed by atoms with E-state index >= 15 is 0 Å². The van der Waals surface area contributed by atoms with Crippen molar-refractivity contribution in [3.05, 3.63) is 57.9 Å². The molecule has 0 bridgehead atoms. The normalized spacial score (nSPS) is 14.9. The molecule has 4 aromatic rings. The van der Waals surface area contributed by atoms with E-state index in [0.717, 1.165) is 67.4 Å². The lowest BCUT2D eigenvalue weighted by Crippen LogP contribution is -2.35. The number of halogens is 2. The maximum Gasteiger partial charge on any atom is 0.327 e. The third-order valence-electron chi connectivity index (χ3n) is 6.83. The minimum Gasteiger partial charge on any atom is -0.355 e. The number of aromatic amines is 1. The fraction of sp³-hybridized carbons (Fsp3) is 0.440. The molecular weight excluding hydrogens is 483 g/mol. The van der Waals surface area contributed by atoms with Crippen molar-refractivity contribution < 1.29 is 4.39 Å². The van der Waals surface area contributed by atoms with Crippen LogP contribution in [0.3, 0.4) is 0 Å². The Morgan fingerprint density at radius 3 is 2.69 bits per heavy atom. The molecule has 1 saturated heterocycles. The Hall–Kier alpha value is -3.24. The summed E-state index contributed by atoms with van der Waals surface area (Å²) in [4.78, 5) is 33.3. The molecule has 9 nitrogen and oxygen atoms in total. The van der Waals surface area contributed by atoms with Crippen LogP contribution in [0.25, 0.3) is 22.4 Å². The number of benzene rings is 1. The summed E-state index contributed by atoms with van der Waals surface area (Å²) >= 11 is 6.04. The van der Waals surface area contributed by atoms with Gasteiger partial charge >= 0.3 is 5.69 Å². The zero-order valence-corrected chi connectivity index (χ0v) is 21.5. The Morgan fingerprint density at radius 1 is 1.22 bits per heavy atom. The van der Waals surface area contributed by atoms with Gasteiger partial charge in [-0.05, 0) is 52.1 Å². The minimum absolute atomic E-state index is 0.0941. The molecule has 1 aromatic carbocycles. The van der Waals surface area contributed by atoms with E-state index in [1.165, 1.54) is 12.4 Å². The van der Waals surface area contributed by atoms with Crippen molar-refractivity contribution in [3.8, 4) is 11.3 Å². The van der Waals surface area contributed by atoms with Crippen LogP contribution < -0.4 is 10.6 Å². The molecular formula is C25H30ClFN8O. The summed E-state index contributed by atoms with van der Waals surface area (Å²) in [5.74, 6) is 1.66. The van der Waals surface area contributed by atoms with Gasteiger partial charge < -0.3 is 14.4 Å². The van der Waals surface area contributed by atoms with Gasteiger partial charge in [-0.1, -0.05) is 11.6 Å². The number of anilines is 1. The predicted molar refractivity (Wildman–Crippen MR) is 139 cm³/mol. The Balaban J connectivity index is 1.41. The smallest absolute Gasteiger partial charge is 0.327 e. The number of hydrogen-bond acceptors (Lipinski definition) is 6. The SMILES string of the molecule is CCn1c(=O)[nH]c2ncnc(N3CCC(c4nc(-c5ccc(F)c(Cl)c5)cn4CCN(C)C)CC3)c21. The van der Waals surface area contributed by atoms with Crippen LogP contribution in [0.15, 0.2) is 35.5 Å². The highest BCUT2D eigenvalue weighted by molar-refractivity contribution is 6.31. The van der Waals surface area contributed by atoms with Gasteiger partial charge in [0.25, 0.3) is 0 Å². The predicted octanol–water partition coefficient (Wildman–Crippen LogP) is 3.74. The molecule has 3 aromatic heterocycles. The highest BCUT2D eigenvalue weighted by Crippen LogP contribution is 2.33. The van der Waals surface area contributed by atoms with E-state index in [0.29, 0.717) is 12.2 Å². The minimum atomic E-state index is -0.435. The second kappa shape index (κ2) is 10.0. The van der Waals surface area contributed by atoms with Crippen molar-refractivity contribution in [2.24, 2.45) is 0 Å². The molecule has 1 N–H and O–H groups in total.